The van der Waals surface area contributed by atoms with Crippen LogP contribution < -0.4 is 10.3 Å². The number of hydrazine groups is 1. The largest absolute Gasteiger partial charge is 0.321 e. The van der Waals surface area contributed by atoms with Gasteiger partial charge in [0.15, 0.2) is 0 Å². The maximum absolute atomic E-state index is 12.1. The second-order valence-corrected chi connectivity index (χ2v) is 7.09. The lowest BCUT2D eigenvalue weighted by Gasteiger charge is -2.09. The number of para-hydroxylation sites is 2. The molecule has 0 aliphatic heterocycles. The molecule has 1 aromatic heterocycles. The summed E-state index contributed by atoms with van der Waals surface area (Å²) in [4.78, 5) is 18.2. The number of carbonyl (C=O) groups excluding carboxylic acids is 1. The van der Waals surface area contributed by atoms with E-state index < -0.39 is 15.9 Å². The third-order valence-corrected chi connectivity index (χ3v) is 4.81. The zero-order valence-electron chi connectivity index (χ0n) is 12.3. The Morgan fingerprint density at radius 3 is 2.58 bits per heavy atom. The fraction of sp³-hybridized carbons (Fsp3) is 0.0667. The lowest BCUT2D eigenvalue weighted by molar-refractivity contribution is -0.122. The van der Waals surface area contributed by atoms with E-state index in [2.05, 4.69) is 15.2 Å². The Morgan fingerprint density at radius 1 is 1.12 bits per heavy atom. The molecule has 0 atom stereocenters. The highest BCUT2D eigenvalue weighted by Gasteiger charge is 2.15. The van der Waals surface area contributed by atoms with Crippen LogP contribution in [-0.2, 0) is 21.4 Å². The molecule has 0 saturated heterocycles. The summed E-state index contributed by atoms with van der Waals surface area (Å²) < 4.78 is 25.8. The number of rotatable bonds is 5. The first kappa shape index (κ1) is 16.4. The van der Waals surface area contributed by atoms with Crippen molar-refractivity contribution < 1.29 is 13.2 Å². The maximum atomic E-state index is 12.1. The van der Waals surface area contributed by atoms with E-state index in [1.807, 2.05) is 24.3 Å². The first-order valence-electron chi connectivity index (χ1n) is 6.92. The van der Waals surface area contributed by atoms with Crippen molar-refractivity contribution in [2.24, 2.45) is 0 Å². The normalized spacial score (nSPS) is 11.5. The SMILES string of the molecule is O=C(Cn1cnc2ccccc21)NNS(=O)(=O)c1ccc(Cl)cc1. The van der Waals surface area contributed by atoms with Crippen molar-refractivity contribution in [1.29, 1.82) is 0 Å². The molecule has 0 unspecified atom stereocenters. The number of sulfonamides is 1. The molecule has 0 saturated carbocycles. The van der Waals surface area contributed by atoms with Gasteiger partial charge in [-0.2, -0.15) is 0 Å². The molecule has 3 rings (SSSR count). The van der Waals surface area contributed by atoms with Gasteiger partial charge in [-0.15, -0.1) is 4.83 Å². The van der Waals surface area contributed by atoms with Crippen LogP contribution in [0, 0.1) is 0 Å². The summed E-state index contributed by atoms with van der Waals surface area (Å²) in [5, 5.41) is 0.421. The van der Waals surface area contributed by atoms with E-state index in [1.165, 1.54) is 30.6 Å². The highest BCUT2D eigenvalue weighted by Crippen LogP contribution is 2.13. The summed E-state index contributed by atoms with van der Waals surface area (Å²) in [6.07, 6.45) is 1.53. The lowest BCUT2D eigenvalue weighted by Crippen LogP contribution is -2.43. The Labute approximate surface area is 143 Å². The van der Waals surface area contributed by atoms with Crippen LogP contribution in [0.1, 0.15) is 0 Å². The van der Waals surface area contributed by atoms with E-state index in [-0.39, 0.29) is 11.4 Å². The Balaban J connectivity index is 1.66. The average molecular weight is 365 g/mol. The molecule has 0 aliphatic carbocycles. The average Bonchev–Trinajstić information content (AvgIpc) is 2.97. The summed E-state index contributed by atoms with van der Waals surface area (Å²) in [5.74, 6) is -0.518. The van der Waals surface area contributed by atoms with Gasteiger partial charge in [0.2, 0.25) is 0 Å². The van der Waals surface area contributed by atoms with Crippen LogP contribution in [0.3, 0.4) is 0 Å². The smallest absolute Gasteiger partial charge is 0.257 e. The summed E-state index contributed by atoms with van der Waals surface area (Å²) in [7, 11) is -3.86. The van der Waals surface area contributed by atoms with Gasteiger partial charge in [0.25, 0.3) is 15.9 Å². The van der Waals surface area contributed by atoms with Crippen LogP contribution in [-0.4, -0.2) is 23.9 Å². The zero-order chi connectivity index (χ0) is 17.2. The predicted octanol–water partition coefficient (Wildman–Crippen LogP) is 1.70. The number of amides is 1. The van der Waals surface area contributed by atoms with Crippen molar-refractivity contribution in [2.75, 3.05) is 0 Å². The second kappa shape index (κ2) is 6.60. The molecule has 9 heteroatoms. The van der Waals surface area contributed by atoms with Crippen LogP contribution >= 0.6 is 11.6 Å². The molecule has 24 heavy (non-hydrogen) atoms. The molecule has 124 valence electrons. The van der Waals surface area contributed by atoms with Crippen molar-refractivity contribution in [3.8, 4) is 0 Å². The second-order valence-electron chi connectivity index (χ2n) is 4.97. The predicted molar refractivity (Wildman–Crippen MR) is 89.6 cm³/mol. The van der Waals surface area contributed by atoms with Crippen LogP contribution in [0.4, 0.5) is 0 Å². The van der Waals surface area contributed by atoms with Gasteiger partial charge in [-0.25, -0.2) is 13.4 Å². The molecule has 0 fully saturated rings. The molecule has 0 spiro atoms. The Bertz CT molecular complexity index is 983. The van der Waals surface area contributed by atoms with E-state index in [4.69, 9.17) is 11.6 Å². The zero-order valence-corrected chi connectivity index (χ0v) is 13.9. The van der Waals surface area contributed by atoms with Gasteiger partial charge in [-0.05, 0) is 36.4 Å². The number of nitrogens with one attached hydrogen (secondary N) is 2. The minimum atomic E-state index is -3.86. The van der Waals surface area contributed by atoms with Gasteiger partial charge in [-0.3, -0.25) is 10.2 Å². The Kier molecular flexibility index (Phi) is 4.52. The van der Waals surface area contributed by atoms with Crippen LogP contribution in [0.5, 0.6) is 0 Å². The third kappa shape index (κ3) is 3.56. The van der Waals surface area contributed by atoms with Crippen molar-refractivity contribution >= 4 is 38.6 Å². The first-order chi connectivity index (χ1) is 11.5. The van der Waals surface area contributed by atoms with Crippen molar-refractivity contribution in [3.63, 3.8) is 0 Å². The summed E-state index contributed by atoms with van der Waals surface area (Å²) in [6, 6.07) is 12.9. The number of nitrogens with zero attached hydrogens (tertiary/aromatic N) is 2. The van der Waals surface area contributed by atoms with Gasteiger partial charge in [0.1, 0.15) is 6.54 Å². The number of halogens is 1. The summed E-state index contributed by atoms with van der Waals surface area (Å²) in [5.41, 5.74) is 3.72. The number of hydrogen-bond donors (Lipinski definition) is 2. The van der Waals surface area contributed by atoms with Gasteiger partial charge in [-0.1, -0.05) is 23.7 Å². The molecule has 2 N–H and O–H groups in total. The molecule has 0 bridgehead atoms. The minimum Gasteiger partial charge on any atom is -0.321 e. The van der Waals surface area contributed by atoms with Gasteiger partial charge in [0, 0.05) is 5.02 Å². The van der Waals surface area contributed by atoms with E-state index in [9.17, 15) is 13.2 Å². The maximum Gasteiger partial charge on any atom is 0.257 e. The number of hydrogen-bond acceptors (Lipinski definition) is 4. The molecule has 7 nitrogen and oxygen atoms in total. The number of aromatic nitrogens is 2. The fourth-order valence-corrected chi connectivity index (χ4v) is 3.11. The molecule has 2 aromatic carbocycles. The van der Waals surface area contributed by atoms with E-state index >= 15 is 0 Å². The van der Waals surface area contributed by atoms with Crippen LogP contribution in [0.25, 0.3) is 11.0 Å². The number of imidazole rings is 1. The van der Waals surface area contributed by atoms with Gasteiger partial charge in [0.05, 0.1) is 22.3 Å². The molecule has 1 amide bonds. The lowest BCUT2D eigenvalue weighted by atomic mass is 10.3. The number of fused-ring (bicyclic) bond motifs is 1. The molecule has 1 heterocycles. The van der Waals surface area contributed by atoms with Crippen molar-refractivity contribution in [2.45, 2.75) is 11.4 Å². The van der Waals surface area contributed by atoms with Crippen molar-refractivity contribution in [1.82, 2.24) is 19.8 Å². The highest BCUT2D eigenvalue weighted by atomic mass is 35.5. The van der Waals surface area contributed by atoms with Gasteiger partial charge >= 0.3 is 0 Å². The molecular formula is C15H13ClN4O3S. The van der Waals surface area contributed by atoms with E-state index in [1.54, 1.807) is 4.57 Å². The Hall–Kier alpha value is -2.42. The van der Waals surface area contributed by atoms with Crippen LogP contribution in [0.15, 0.2) is 59.8 Å². The van der Waals surface area contributed by atoms with Crippen LogP contribution in [0.2, 0.25) is 5.02 Å². The summed E-state index contributed by atoms with van der Waals surface area (Å²) in [6.45, 7) is -0.0658. The van der Waals surface area contributed by atoms with E-state index in [0.717, 1.165) is 11.0 Å². The third-order valence-electron chi connectivity index (χ3n) is 3.29. The first-order valence-corrected chi connectivity index (χ1v) is 8.78. The highest BCUT2D eigenvalue weighted by molar-refractivity contribution is 7.89. The topological polar surface area (TPSA) is 93.1 Å². The van der Waals surface area contributed by atoms with Crippen molar-refractivity contribution in [3.05, 3.63) is 59.9 Å². The Morgan fingerprint density at radius 2 is 1.83 bits per heavy atom. The molecule has 0 aliphatic rings. The summed E-state index contributed by atoms with van der Waals surface area (Å²) >= 11 is 5.72. The monoisotopic (exact) mass is 364 g/mol. The quantitative estimate of drug-likeness (QED) is 0.674. The standard InChI is InChI=1S/C15H13ClN4O3S/c16-11-5-7-12(8-6-11)24(22,23)19-18-15(21)9-20-10-17-13-3-1-2-4-14(13)20/h1-8,10,19H,9H2,(H,18,21). The molecule has 0 radical (unpaired) electrons. The van der Waals surface area contributed by atoms with Gasteiger partial charge < -0.3 is 4.57 Å². The number of carbonyl (C=O) groups is 1. The fourth-order valence-electron chi connectivity index (χ4n) is 2.13. The number of benzene rings is 2. The minimum absolute atomic E-state index is 0.000260. The molecule has 3 aromatic rings. The molecular weight excluding hydrogens is 352 g/mol. The van der Waals surface area contributed by atoms with E-state index in [0.29, 0.717) is 5.02 Å².